The maximum atomic E-state index is 12.2. The second-order valence-electron chi connectivity index (χ2n) is 5.48. The highest BCUT2D eigenvalue weighted by Crippen LogP contribution is 2.36. The first kappa shape index (κ1) is 14.0. The summed E-state index contributed by atoms with van der Waals surface area (Å²) in [4.78, 5) is 0. The van der Waals surface area contributed by atoms with E-state index in [9.17, 15) is 8.42 Å². The molecule has 2 aliphatic rings. The van der Waals surface area contributed by atoms with Crippen molar-refractivity contribution in [3.8, 4) is 0 Å². The quantitative estimate of drug-likeness (QED) is 0.821. The van der Waals surface area contributed by atoms with Crippen LogP contribution in [0.1, 0.15) is 19.8 Å². The van der Waals surface area contributed by atoms with E-state index in [1.165, 1.54) is 0 Å². The molecule has 112 valence electrons. The number of nitrogens with zero attached hydrogens (tertiary/aromatic N) is 3. The molecule has 0 aromatic carbocycles. The Bertz CT molecular complexity index is 543. The van der Waals surface area contributed by atoms with Gasteiger partial charge in [-0.3, -0.25) is 4.68 Å². The molecule has 0 spiro atoms. The van der Waals surface area contributed by atoms with Crippen molar-refractivity contribution < 1.29 is 13.2 Å². The third-order valence-corrected chi connectivity index (χ3v) is 6.27. The molecule has 2 fully saturated rings. The number of morpholine rings is 1. The van der Waals surface area contributed by atoms with Gasteiger partial charge < -0.3 is 4.74 Å². The summed E-state index contributed by atoms with van der Waals surface area (Å²) in [6.07, 6.45) is 5.59. The second-order valence-corrected chi connectivity index (χ2v) is 7.69. The zero-order valence-electron chi connectivity index (χ0n) is 11.7. The van der Waals surface area contributed by atoms with Crippen molar-refractivity contribution in [2.24, 2.45) is 5.92 Å². The van der Waals surface area contributed by atoms with Gasteiger partial charge in [0.05, 0.1) is 24.5 Å². The lowest BCUT2D eigenvalue weighted by molar-refractivity contribution is -0.0490. The topological polar surface area (TPSA) is 64.4 Å². The number of fused-ring (bicyclic) bond motifs is 1. The molecule has 0 radical (unpaired) electrons. The highest BCUT2D eigenvalue weighted by atomic mass is 32.2. The molecule has 1 aliphatic carbocycles. The summed E-state index contributed by atoms with van der Waals surface area (Å²) < 4.78 is 33.8. The molecule has 6 nitrogen and oxygen atoms in total. The Morgan fingerprint density at radius 3 is 2.95 bits per heavy atom. The molecule has 0 amide bonds. The Morgan fingerprint density at radius 2 is 2.25 bits per heavy atom. The lowest BCUT2D eigenvalue weighted by Crippen LogP contribution is -2.53. The lowest BCUT2D eigenvalue weighted by Gasteiger charge is -2.38. The van der Waals surface area contributed by atoms with Gasteiger partial charge in [-0.25, -0.2) is 8.42 Å². The van der Waals surface area contributed by atoms with Crippen molar-refractivity contribution in [3.63, 3.8) is 0 Å². The Morgan fingerprint density at radius 1 is 1.40 bits per heavy atom. The third kappa shape index (κ3) is 2.49. The summed E-state index contributed by atoms with van der Waals surface area (Å²) in [5, 5.41) is 4.23. The van der Waals surface area contributed by atoms with Gasteiger partial charge in [-0.05, 0) is 25.8 Å². The van der Waals surface area contributed by atoms with Gasteiger partial charge in [0.2, 0.25) is 10.0 Å². The summed E-state index contributed by atoms with van der Waals surface area (Å²) in [6, 6.07) is 1.91. The molecule has 1 aliphatic heterocycles. The van der Waals surface area contributed by atoms with Crippen molar-refractivity contribution >= 4 is 10.0 Å². The second kappa shape index (κ2) is 5.46. The van der Waals surface area contributed by atoms with Gasteiger partial charge in [0.15, 0.2) is 0 Å². The minimum atomic E-state index is -3.13. The maximum Gasteiger partial charge on any atom is 0.214 e. The lowest BCUT2D eigenvalue weighted by atomic mass is 10.0. The summed E-state index contributed by atoms with van der Waals surface area (Å²) in [5.41, 5.74) is 0. The van der Waals surface area contributed by atoms with Gasteiger partial charge in [0.25, 0.3) is 0 Å². The summed E-state index contributed by atoms with van der Waals surface area (Å²) in [5.74, 6) is 0.509. The zero-order valence-corrected chi connectivity index (χ0v) is 12.5. The van der Waals surface area contributed by atoms with E-state index in [1.54, 1.807) is 17.4 Å². The van der Waals surface area contributed by atoms with E-state index < -0.39 is 10.0 Å². The molecule has 0 N–H and O–H groups in total. The smallest absolute Gasteiger partial charge is 0.214 e. The molecular weight excluding hydrogens is 278 g/mol. The number of rotatable bonds is 4. The molecule has 1 aromatic rings. The number of sulfonamides is 1. The molecule has 20 heavy (non-hydrogen) atoms. The normalized spacial score (nSPS) is 31.4. The Balaban J connectivity index is 1.75. The predicted octanol–water partition coefficient (Wildman–Crippen LogP) is 0.712. The summed E-state index contributed by atoms with van der Waals surface area (Å²) in [7, 11) is -3.13. The monoisotopic (exact) mass is 299 g/mol. The molecule has 1 saturated carbocycles. The molecule has 3 atom stereocenters. The van der Waals surface area contributed by atoms with Gasteiger partial charge >= 0.3 is 0 Å². The zero-order chi connectivity index (χ0) is 14.2. The van der Waals surface area contributed by atoms with E-state index in [2.05, 4.69) is 5.10 Å². The largest absolute Gasteiger partial charge is 0.375 e. The summed E-state index contributed by atoms with van der Waals surface area (Å²) >= 11 is 0. The van der Waals surface area contributed by atoms with E-state index in [0.29, 0.717) is 19.1 Å². The highest BCUT2D eigenvalue weighted by molar-refractivity contribution is 7.89. The molecule has 1 aromatic heterocycles. The Hall–Kier alpha value is -0.920. The highest BCUT2D eigenvalue weighted by Gasteiger charge is 2.46. The fourth-order valence-electron chi connectivity index (χ4n) is 3.38. The average Bonchev–Trinajstić information content (AvgIpc) is 3.09. The number of aromatic nitrogens is 2. The first-order chi connectivity index (χ1) is 9.62. The van der Waals surface area contributed by atoms with Crippen LogP contribution in [0, 0.1) is 5.92 Å². The minimum absolute atomic E-state index is 0.00858. The van der Waals surface area contributed by atoms with Crippen LogP contribution in [0.2, 0.25) is 0 Å². The fraction of sp³-hybridized carbons (Fsp3) is 0.769. The first-order valence-electron chi connectivity index (χ1n) is 7.20. The minimum Gasteiger partial charge on any atom is -0.375 e. The molecular formula is C13H21N3O3S. The van der Waals surface area contributed by atoms with Crippen LogP contribution in [0.25, 0.3) is 0 Å². The van der Waals surface area contributed by atoms with E-state index in [1.807, 2.05) is 16.9 Å². The van der Waals surface area contributed by atoms with Gasteiger partial charge in [0.1, 0.15) is 0 Å². The Kier molecular flexibility index (Phi) is 3.83. The Labute approximate surface area is 119 Å². The van der Waals surface area contributed by atoms with E-state index in [-0.39, 0.29) is 17.9 Å². The van der Waals surface area contributed by atoms with Crippen LogP contribution in [0.15, 0.2) is 18.5 Å². The molecule has 7 heteroatoms. The van der Waals surface area contributed by atoms with Crippen molar-refractivity contribution in [2.45, 2.75) is 38.5 Å². The predicted molar refractivity (Wildman–Crippen MR) is 74.6 cm³/mol. The number of ether oxygens (including phenoxy) is 1. The number of hydrogen-bond acceptors (Lipinski definition) is 4. The van der Waals surface area contributed by atoms with E-state index >= 15 is 0 Å². The third-order valence-electron chi connectivity index (χ3n) is 4.37. The average molecular weight is 299 g/mol. The first-order valence-corrected chi connectivity index (χ1v) is 8.81. The van der Waals surface area contributed by atoms with Crippen molar-refractivity contribution in [1.82, 2.24) is 14.1 Å². The molecule has 0 bridgehead atoms. The van der Waals surface area contributed by atoms with Crippen molar-refractivity contribution in [3.05, 3.63) is 18.5 Å². The van der Waals surface area contributed by atoms with Gasteiger partial charge in [0, 0.05) is 31.4 Å². The SMILES string of the molecule is CCS(=O)(=O)N1CCO[C@@H]2[C@H](Cn3cccn3)CC[C@H]21. The van der Waals surface area contributed by atoms with E-state index in [4.69, 9.17) is 4.74 Å². The molecule has 0 unspecified atom stereocenters. The van der Waals surface area contributed by atoms with E-state index in [0.717, 1.165) is 19.4 Å². The molecule has 2 heterocycles. The maximum absolute atomic E-state index is 12.2. The van der Waals surface area contributed by atoms with Gasteiger partial charge in [-0.15, -0.1) is 0 Å². The van der Waals surface area contributed by atoms with Gasteiger partial charge in [-0.1, -0.05) is 0 Å². The van der Waals surface area contributed by atoms with Crippen LogP contribution in [0.5, 0.6) is 0 Å². The molecule has 1 saturated heterocycles. The summed E-state index contributed by atoms with van der Waals surface area (Å²) in [6.45, 7) is 3.49. The van der Waals surface area contributed by atoms with Crippen LogP contribution < -0.4 is 0 Å². The van der Waals surface area contributed by atoms with Crippen LogP contribution in [-0.4, -0.2) is 53.6 Å². The fourth-order valence-corrected chi connectivity index (χ4v) is 4.70. The van der Waals surface area contributed by atoms with Crippen LogP contribution in [0.3, 0.4) is 0 Å². The van der Waals surface area contributed by atoms with Crippen molar-refractivity contribution in [1.29, 1.82) is 0 Å². The molecule has 3 rings (SSSR count). The van der Waals surface area contributed by atoms with Crippen molar-refractivity contribution in [2.75, 3.05) is 18.9 Å². The van der Waals surface area contributed by atoms with Crippen LogP contribution in [0.4, 0.5) is 0 Å². The number of hydrogen-bond donors (Lipinski definition) is 0. The standard InChI is InChI=1S/C13H21N3O3S/c1-2-20(17,18)16-8-9-19-13-11(4-5-12(13)16)10-15-7-3-6-14-15/h3,6-7,11-13H,2,4-5,8-10H2,1H3/t11-,12+,13+/m0/s1. The van der Waals surface area contributed by atoms with Crippen LogP contribution >= 0.6 is 0 Å². The van der Waals surface area contributed by atoms with Gasteiger partial charge in [-0.2, -0.15) is 9.40 Å². The van der Waals surface area contributed by atoms with Crippen LogP contribution in [-0.2, 0) is 21.3 Å².